The second kappa shape index (κ2) is 7.95. The smallest absolute Gasteiger partial charge is 0.175 e. The molecule has 0 atom stereocenters. The fraction of sp³-hybridized carbons (Fsp3) is 0.136. The summed E-state index contributed by atoms with van der Waals surface area (Å²) in [5.41, 5.74) is 7.00. The maximum atomic E-state index is 5.51. The molecule has 0 radical (unpaired) electrons. The maximum absolute atomic E-state index is 5.51. The van der Waals surface area contributed by atoms with E-state index >= 15 is 0 Å². The molecule has 0 fully saturated rings. The minimum Gasteiger partial charge on any atom is -0.332 e. The van der Waals surface area contributed by atoms with Crippen molar-refractivity contribution in [2.24, 2.45) is 0 Å². The molecule has 2 N–H and O–H groups in total. The van der Waals surface area contributed by atoms with Crippen molar-refractivity contribution in [3.8, 4) is 0 Å². The van der Waals surface area contributed by atoms with Crippen molar-refractivity contribution in [2.75, 3.05) is 10.6 Å². The molecule has 0 saturated carbocycles. The van der Waals surface area contributed by atoms with Crippen LogP contribution in [0.4, 0.5) is 11.4 Å². The van der Waals surface area contributed by atoms with Gasteiger partial charge in [-0.1, -0.05) is 66.2 Å². The van der Waals surface area contributed by atoms with E-state index < -0.39 is 0 Å². The van der Waals surface area contributed by atoms with Crippen LogP contribution in [0, 0.1) is 13.8 Å². The van der Waals surface area contributed by atoms with Crippen LogP contribution in [0.1, 0.15) is 22.3 Å². The first kappa shape index (κ1) is 17.2. The molecule has 3 rings (SSSR count). The number of thiocarbonyl (C=S) groups is 1. The largest absolute Gasteiger partial charge is 0.332 e. The average Bonchev–Trinajstić information content (AvgIpc) is 2.60. The third-order valence-corrected chi connectivity index (χ3v) is 4.34. The highest BCUT2D eigenvalue weighted by molar-refractivity contribution is 7.80. The van der Waals surface area contributed by atoms with Crippen LogP contribution in [-0.4, -0.2) is 5.11 Å². The van der Waals surface area contributed by atoms with Gasteiger partial charge in [0.15, 0.2) is 5.11 Å². The normalized spacial score (nSPS) is 10.3. The van der Waals surface area contributed by atoms with Gasteiger partial charge in [0.2, 0.25) is 0 Å². The lowest BCUT2D eigenvalue weighted by atomic mass is 10.0. The molecular formula is C22H22N2S. The van der Waals surface area contributed by atoms with E-state index in [2.05, 4.69) is 85.1 Å². The first-order chi connectivity index (χ1) is 12.1. The monoisotopic (exact) mass is 346 g/mol. The van der Waals surface area contributed by atoms with E-state index in [0.29, 0.717) is 5.11 Å². The minimum atomic E-state index is 0.604. The third-order valence-electron chi connectivity index (χ3n) is 4.13. The zero-order valence-corrected chi connectivity index (χ0v) is 15.4. The van der Waals surface area contributed by atoms with Gasteiger partial charge in [0.1, 0.15) is 0 Å². The van der Waals surface area contributed by atoms with Crippen molar-refractivity contribution in [1.82, 2.24) is 0 Å². The predicted molar refractivity (Wildman–Crippen MR) is 111 cm³/mol. The quantitative estimate of drug-likeness (QED) is 0.592. The number of hydrogen-bond donors (Lipinski definition) is 2. The molecule has 126 valence electrons. The van der Waals surface area contributed by atoms with Crippen LogP contribution in [0.15, 0.2) is 72.8 Å². The van der Waals surface area contributed by atoms with Gasteiger partial charge in [-0.2, -0.15) is 0 Å². The molecule has 0 unspecified atom stereocenters. The Morgan fingerprint density at radius 2 is 1.48 bits per heavy atom. The maximum Gasteiger partial charge on any atom is 0.175 e. The molecule has 0 aliphatic heterocycles. The van der Waals surface area contributed by atoms with Crippen molar-refractivity contribution in [3.05, 3.63) is 95.1 Å². The number of rotatable bonds is 4. The Balaban J connectivity index is 1.73. The molecule has 0 aromatic heterocycles. The average molecular weight is 346 g/mol. The van der Waals surface area contributed by atoms with Crippen molar-refractivity contribution in [2.45, 2.75) is 20.3 Å². The summed E-state index contributed by atoms with van der Waals surface area (Å²) in [6.45, 7) is 4.18. The summed E-state index contributed by atoms with van der Waals surface area (Å²) in [5.74, 6) is 0. The van der Waals surface area contributed by atoms with Crippen LogP contribution in [0.5, 0.6) is 0 Å². The molecule has 25 heavy (non-hydrogen) atoms. The third kappa shape index (κ3) is 4.68. The van der Waals surface area contributed by atoms with Crippen molar-refractivity contribution >= 4 is 28.7 Å². The van der Waals surface area contributed by atoms with E-state index in [1.807, 2.05) is 12.1 Å². The number of anilines is 2. The second-order valence-electron chi connectivity index (χ2n) is 6.22. The molecule has 0 aliphatic rings. The van der Waals surface area contributed by atoms with E-state index in [-0.39, 0.29) is 0 Å². The van der Waals surface area contributed by atoms with Gasteiger partial charge in [-0.05, 0) is 61.3 Å². The molecule has 3 heteroatoms. The first-order valence-electron chi connectivity index (χ1n) is 8.39. The zero-order chi connectivity index (χ0) is 17.6. The summed E-state index contributed by atoms with van der Waals surface area (Å²) in [5, 5.41) is 7.24. The van der Waals surface area contributed by atoms with Gasteiger partial charge in [-0.15, -0.1) is 0 Å². The fourth-order valence-corrected chi connectivity index (χ4v) is 3.06. The van der Waals surface area contributed by atoms with Crippen LogP contribution >= 0.6 is 12.2 Å². The summed E-state index contributed by atoms with van der Waals surface area (Å²) < 4.78 is 0. The van der Waals surface area contributed by atoms with E-state index in [0.717, 1.165) is 17.8 Å². The van der Waals surface area contributed by atoms with Gasteiger partial charge < -0.3 is 10.6 Å². The molecule has 0 aliphatic carbocycles. The van der Waals surface area contributed by atoms with Crippen LogP contribution in [-0.2, 0) is 6.42 Å². The van der Waals surface area contributed by atoms with Crippen LogP contribution in [0.25, 0.3) is 0 Å². The highest BCUT2D eigenvalue weighted by Gasteiger charge is 2.06. The Labute approximate surface area is 154 Å². The molecule has 0 heterocycles. The van der Waals surface area contributed by atoms with E-state index in [4.69, 9.17) is 12.2 Å². The Kier molecular flexibility index (Phi) is 5.46. The van der Waals surface area contributed by atoms with E-state index in [1.54, 1.807) is 0 Å². The van der Waals surface area contributed by atoms with Crippen molar-refractivity contribution in [3.63, 3.8) is 0 Å². The topological polar surface area (TPSA) is 24.1 Å². The minimum absolute atomic E-state index is 0.604. The van der Waals surface area contributed by atoms with Crippen LogP contribution < -0.4 is 10.6 Å². The summed E-state index contributed by atoms with van der Waals surface area (Å²) in [7, 11) is 0. The fourth-order valence-electron chi connectivity index (χ4n) is 2.84. The molecule has 3 aromatic carbocycles. The highest BCUT2D eigenvalue weighted by Crippen LogP contribution is 2.21. The van der Waals surface area contributed by atoms with Crippen molar-refractivity contribution < 1.29 is 0 Å². The molecule has 0 bridgehead atoms. The highest BCUT2D eigenvalue weighted by atomic mass is 32.1. The van der Waals surface area contributed by atoms with Gasteiger partial charge >= 0.3 is 0 Å². The van der Waals surface area contributed by atoms with E-state index in [1.165, 1.54) is 22.3 Å². The molecule has 0 amide bonds. The Morgan fingerprint density at radius 3 is 2.24 bits per heavy atom. The first-order valence-corrected chi connectivity index (χ1v) is 8.80. The number of aryl methyl sites for hydroxylation is 2. The van der Waals surface area contributed by atoms with Gasteiger partial charge in [-0.25, -0.2) is 0 Å². The summed E-state index contributed by atoms with van der Waals surface area (Å²) in [6, 6.07) is 25.0. The lowest BCUT2D eigenvalue weighted by molar-refractivity contribution is 1.19. The molecule has 3 aromatic rings. The Hall–Kier alpha value is -2.65. The van der Waals surface area contributed by atoms with Crippen molar-refractivity contribution in [1.29, 1.82) is 0 Å². The number of nitrogens with one attached hydrogen (secondary N) is 2. The Morgan fingerprint density at radius 1 is 0.800 bits per heavy atom. The number of para-hydroxylation sites is 1. The van der Waals surface area contributed by atoms with Gasteiger partial charge in [0.25, 0.3) is 0 Å². The Bertz CT molecular complexity index is 872. The van der Waals surface area contributed by atoms with Gasteiger partial charge in [0, 0.05) is 11.4 Å². The van der Waals surface area contributed by atoms with Gasteiger partial charge in [-0.3, -0.25) is 0 Å². The number of benzene rings is 3. The standard InChI is InChI=1S/C22H22N2S/c1-16-12-13-20(17(2)14-16)23-22(25)24-21-11-7-6-10-19(21)15-18-8-4-3-5-9-18/h3-14H,15H2,1-2H3,(H2,23,24,25). The molecule has 0 saturated heterocycles. The molecule has 0 spiro atoms. The lowest BCUT2D eigenvalue weighted by Crippen LogP contribution is -2.20. The zero-order valence-electron chi connectivity index (χ0n) is 14.5. The number of hydrogen-bond acceptors (Lipinski definition) is 1. The predicted octanol–water partition coefficient (Wildman–Crippen LogP) is 5.70. The molecule has 2 nitrogen and oxygen atoms in total. The SMILES string of the molecule is Cc1ccc(NC(=S)Nc2ccccc2Cc2ccccc2)c(C)c1. The van der Waals surface area contributed by atoms with Crippen LogP contribution in [0.2, 0.25) is 0 Å². The lowest BCUT2D eigenvalue weighted by Gasteiger charge is -2.15. The summed E-state index contributed by atoms with van der Waals surface area (Å²) in [4.78, 5) is 0. The second-order valence-corrected chi connectivity index (χ2v) is 6.63. The summed E-state index contributed by atoms with van der Waals surface area (Å²) >= 11 is 5.51. The van der Waals surface area contributed by atoms with Crippen LogP contribution in [0.3, 0.4) is 0 Å². The summed E-state index contributed by atoms with van der Waals surface area (Å²) in [6.07, 6.45) is 0.871. The van der Waals surface area contributed by atoms with Gasteiger partial charge in [0.05, 0.1) is 0 Å². The molecular weight excluding hydrogens is 324 g/mol. The van der Waals surface area contributed by atoms with E-state index in [9.17, 15) is 0 Å².